The van der Waals surface area contributed by atoms with Crippen LogP contribution in [0.1, 0.15) is 10.4 Å². The molecule has 0 radical (unpaired) electrons. The van der Waals surface area contributed by atoms with E-state index in [1.54, 1.807) is 6.07 Å². The summed E-state index contributed by atoms with van der Waals surface area (Å²) in [6.07, 6.45) is -4.94. The van der Waals surface area contributed by atoms with E-state index in [9.17, 15) is 18.0 Å². The molecular formula is C18H13F3N4O2. The number of amides is 1. The van der Waals surface area contributed by atoms with Gasteiger partial charge in [-0.1, -0.05) is 30.3 Å². The molecule has 0 aliphatic rings. The molecule has 6 nitrogen and oxygen atoms in total. The van der Waals surface area contributed by atoms with E-state index in [0.29, 0.717) is 5.69 Å². The van der Waals surface area contributed by atoms with Gasteiger partial charge in [0.2, 0.25) is 5.91 Å². The molecule has 9 heteroatoms. The van der Waals surface area contributed by atoms with Crippen molar-refractivity contribution in [3.63, 3.8) is 0 Å². The summed E-state index contributed by atoms with van der Waals surface area (Å²) in [5, 5.41) is 8.04. The van der Waals surface area contributed by atoms with Crippen LogP contribution in [0.25, 0.3) is 22.5 Å². The van der Waals surface area contributed by atoms with Crippen LogP contribution in [0.5, 0.6) is 5.75 Å². The number of halogens is 3. The van der Waals surface area contributed by atoms with E-state index in [1.807, 2.05) is 30.3 Å². The Morgan fingerprint density at radius 1 is 0.926 bits per heavy atom. The SMILES string of the molecule is NC(=O)c1ccc(OC(F)(F)F)c(N)c1-c1ccc(-c2ccccc2)nn1. The Labute approximate surface area is 151 Å². The van der Waals surface area contributed by atoms with Gasteiger partial charge in [-0.2, -0.15) is 0 Å². The Morgan fingerprint density at radius 2 is 1.56 bits per heavy atom. The third-order valence-electron chi connectivity index (χ3n) is 3.69. The van der Waals surface area contributed by atoms with Crippen molar-refractivity contribution >= 4 is 11.6 Å². The van der Waals surface area contributed by atoms with Crippen LogP contribution in [0.4, 0.5) is 18.9 Å². The Hall–Kier alpha value is -3.62. The van der Waals surface area contributed by atoms with Gasteiger partial charge in [0.25, 0.3) is 0 Å². The average molecular weight is 374 g/mol. The number of ether oxygens (including phenoxy) is 1. The van der Waals surface area contributed by atoms with Gasteiger partial charge in [-0.15, -0.1) is 23.4 Å². The maximum atomic E-state index is 12.6. The van der Waals surface area contributed by atoms with Gasteiger partial charge in [-0.05, 0) is 24.3 Å². The number of hydrogen-bond donors (Lipinski definition) is 2. The number of alkyl halides is 3. The molecule has 0 bridgehead atoms. The molecule has 0 aliphatic heterocycles. The third-order valence-corrected chi connectivity index (χ3v) is 3.69. The highest BCUT2D eigenvalue weighted by atomic mass is 19.4. The molecule has 0 atom stereocenters. The van der Waals surface area contributed by atoms with Crippen LogP contribution in [-0.4, -0.2) is 22.5 Å². The number of carbonyl (C=O) groups is 1. The number of carbonyl (C=O) groups excluding carboxylic acids is 1. The molecule has 0 saturated carbocycles. The number of nitrogens with two attached hydrogens (primary N) is 2. The second-order valence-corrected chi connectivity index (χ2v) is 5.48. The Morgan fingerprint density at radius 3 is 2.11 bits per heavy atom. The monoisotopic (exact) mass is 374 g/mol. The van der Waals surface area contributed by atoms with E-state index in [-0.39, 0.29) is 16.8 Å². The van der Waals surface area contributed by atoms with Crippen LogP contribution in [0.2, 0.25) is 0 Å². The number of anilines is 1. The minimum absolute atomic E-state index is 0.0728. The molecule has 0 aliphatic carbocycles. The number of nitrogens with zero attached hydrogens (tertiary/aromatic N) is 2. The standard InChI is InChI=1S/C18H13F3N4O2/c19-18(20,21)27-14-9-6-11(17(23)26)15(16(14)22)13-8-7-12(24-25-13)10-4-2-1-3-5-10/h1-9H,22H2,(H2,23,26). The number of hydrogen-bond acceptors (Lipinski definition) is 5. The van der Waals surface area contributed by atoms with Crippen molar-refractivity contribution in [1.82, 2.24) is 10.2 Å². The van der Waals surface area contributed by atoms with Crippen molar-refractivity contribution in [2.45, 2.75) is 6.36 Å². The first-order valence-electron chi connectivity index (χ1n) is 7.64. The summed E-state index contributed by atoms with van der Waals surface area (Å²) < 4.78 is 41.6. The molecule has 27 heavy (non-hydrogen) atoms. The van der Waals surface area contributed by atoms with E-state index in [0.717, 1.165) is 17.7 Å². The average Bonchev–Trinajstić information content (AvgIpc) is 2.63. The summed E-state index contributed by atoms with van der Waals surface area (Å²) in [4.78, 5) is 11.7. The molecule has 0 saturated heterocycles. The molecule has 0 fully saturated rings. The quantitative estimate of drug-likeness (QED) is 0.681. The third kappa shape index (κ3) is 3.97. The van der Waals surface area contributed by atoms with Gasteiger partial charge in [-0.3, -0.25) is 4.79 Å². The first-order valence-corrected chi connectivity index (χ1v) is 7.64. The van der Waals surface area contributed by atoms with Crippen molar-refractivity contribution in [2.24, 2.45) is 5.73 Å². The molecule has 3 aromatic rings. The Balaban J connectivity index is 2.09. The fourth-order valence-electron chi connectivity index (χ4n) is 2.52. The van der Waals surface area contributed by atoms with E-state index in [1.165, 1.54) is 6.07 Å². The highest BCUT2D eigenvalue weighted by molar-refractivity contribution is 6.03. The molecular weight excluding hydrogens is 361 g/mol. The minimum atomic E-state index is -4.94. The summed E-state index contributed by atoms with van der Waals surface area (Å²) in [7, 11) is 0. The lowest BCUT2D eigenvalue weighted by atomic mass is 10.0. The van der Waals surface area contributed by atoms with E-state index < -0.39 is 23.7 Å². The molecule has 1 aromatic heterocycles. The predicted octanol–water partition coefficient (Wildman–Crippen LogP) is 3.39. The minimum Gasteiger partial charge on any atom is -0.404 e. The van der Waals surface area contributed by atoms with Gasteiger partial charge < -0.3 is 16.2 Å². The van der Waals surface area contributed by atoms with Crippen LogP contribution in [0.15, 0.2) is 54.6 Å². The smallest absolute Gasteiger partial charge is 0.404 e. The number of nitrogen functional groups attached to an aromatic ring is 1. The molecule has 0 spiro atoms. The van der Waals surface area contributed by atoms with Crippen molar-refractivity contribution in [3.8, 4) is 28.3 Å². The zero-order valence-corrected chi connectivity index (χ0v) is 13.7. The number of primary amides is 1. The summed E-state index contributed by atoms with van der Waals surface area (Å²) in [6.45, 7) is 0. The molecule has 1 heterocycles. The highest BCUT2D eigenvalue weighted by Gasteiger charge is 2.33. The second-order valence-electron chi connectivity index (χ2n) is 5.48. The van der Waals surface area contributed by atoms with Crippen molar-refractivity contribution in [2.75, 3.05) is 5.73 Å². The summed E-state index contributed by atoms with van der Waals surface area (Å²) in [6, 6.07) is 14.3. The summed E-state index contributed by atoms with van der Waals surface area (Å²) in [5.74, 6) is -1.53. The normalized spacial score (nSPS) is 11.2. The first-order chi connectivity index (χ1) is 12.8. The van der Waals surface area contributed by atoms with Crippen LogP contribution in [0.3, 0.4) is 0 Å². The van der Waals surface area contributed by atoms with Gasteiger partial charge in [-0.25, -0.2) is 0 Å². The molecule has 138 valence electrons. The van der Waals surface area contributed by atoms with Gasteiger partial charge in [0.05, 0.1) is 22.6 Å². The highest BCUT2D eigenvalue weighted by Crippen LogP contribution is 2.38. The lowest BCUT2D eigenvalue weighted by molar-refractivity contribution is -0.274. The number of benzene rings is 2. The maximum absolute atomic E-state index is 12.6. The fraction of sp³-hybridized carbons (Fsp3) is 0.0556. The van der Waals surface area contributed by atoms with Crippen molar-refractivity contribution in [1.29, 1.82) is 0 Å². The second kappa shape index (κ2) is 6.94. The van der Waals surface area contributed by atoms with Gasteiger partial charge in [0.1, 0.15) is 0 Å². The zero-order valence-electron chi connectivity index (χ0n) is 13.7. The molecule has 3 rings (SSSR count). The zero-order chi connectivity index (χ0) is 19.6. The maximum Gasteiger partial charge on any atom is 0.573 e. The van der Waals surface area contributed by atoms with Gasteiger partial charge in [0.15, 0.2) is 5.75 Å². The summed E-state index contributed by atoms with van der Waals surface area (Å²) in [5.41, 5.74) is 12.0. The van der Waals surface area contributed by atoms with E-state index >= 15 is 0 Å². The predicted molar refractivity (Wildman–Crippen MR) is 92.5 cm³/mol. The number of aromatic nitrogens is 2. The molecule has 1 amide bonds. The van der Waals surface area contributed by atoms with Gasteiger partial charge >= 0.3 is 6.36 Å². The van der Waals surface area contributed by atoms with E-state index in [2.05, 4.69) is 14.9 Å². The summed E-state index contributed by atoms with van der Waals surface area (Å²) >= 11 is 0. The fourth-order valence-corrected chi connectivity index (χ4v) is 2.52. The molecule has 0 unspecified atom stereocenters. The largest absolute Gasteiger partial charge is 0.573 e. The first kappa shape index (κ1) is 18.2. The Kier molecular flexibility index (Phi) is 4.68. The van der Waals surface area contributed by atoms with Crippen LogP contribution in [0, 0.1) is 0 Å². The molecule has 4 N–H and O–H groups in total. The van der Waals surface area contributed by atoms with Crippen LogP contribution < -0.4 is 16.2 Å². The van der Waals surface area contributed by atoms with Gasteiger partial charge in [0, 0.05) is 11.1 Å². The number of rotatable bonds is 4. The van der Waals surface area contributed by atoms with Crippen molar-refractivity contribution in [3.05, 3.63) is 60.2 Å². The lowest BCUT2D eigenvalue weighted by Crippen LogP contribution is -2.19. The topological polar surface area (TPSA) is 104 Å². The van der Waals surface area contributed by atoms with Crippen LogP contribution in [-0.2, 0) is 0 Å². The van der Waals surface area contributed by atoms with Crippen LogP contribution >= 0.6 is 0 Å². The van der Waals surface area contributed by atoms with Crippen molar-refractivity contribution < 1.29 is 22.7 Å². The molecule has 2 aromatic carbocycles. The van der Waals surface area contributed by atoms with E-state index in [4.69, 9.17) is 11.5 Å². The Bertz CT molecular complexity index is 974. The lowest BCUT2D eigenvalue weighted by Gasteiger charge is -2.15.